The van der Waals surface area contributed by atoms with E-state index in [9.17, 15) is 19.8 Å². The number of hydrogen-bond donors (Lipinski definition) is 3. The molecule has 548 valence electrons. The van der Waals surface area contributed by atoms with Crippen molar-refractivity contribution in [2.24, 2.45) is 0 Å². The highest BCUT2D eigenvalue weighted by atomic mass is 16.5. The maximum atomic E-state index is 12.6. The van der Waals surface area contributed by atoms with Crippen LogP contribution in [0.25, 0.3) is 0 Å². The Morgan fingerprint density at radius 2 is 0.511 bits per heavy atom. The maximum Gasteiger partial charge on any atom is 0.305 e. The summed E-state index contributed by atoms with van der Waals surface area (Å²) < 4.78 is 5.52. The second-order valence-corrected chi connectivity index (χ2v) is 29.9. The lowest BCUT2D eigenvalue weighted by atomic mass is 10.0. The Bertz CT molecular complexity index is 1400. The van der Waals surface area contributed by atoms with Gasteiger partial charge in [0, 0.05) is 12.8 Å². The Kier molecular flexibility index (Phi) is 80.8. The Morgan fingerprint density at radius 3 is 0.772 bits per heavy atom. The van der Waals surface area contributed by atoms with Crippen LogP contribution in [0, 0.1) is 0 Å². The molecule has 6 heteroatoms. The molecule has 3 N–H and O–H groups in total. The summed E-state index contributed by atoms with van der Waals surface area (Å²) in [7, 11) is 0. The third-order valence-corrected chi connectivity index (χ3v) is 20.6. The number of ether oxygens (including phenoxy) is 1. The third kappa shape index (κ3) is 77.6. The van der Waals surface area contributed by atoms with Crippen molar-refractivity contribution in [1.29, 1.82) is 0 Å². The first kappa shape index (κ1) is 90.6. The zero-order valence-corrected chi connectivity index (χ0v) is 63.1. The van der Waals surface area contributed by atoms with Crippen LogP contribution in [-0.4, -0.2) is 47.4 Å². The van der Waals surface area contributed by atoms with Crippen molar-refractivity contribution in [3.8, 4) is 0 Å². The molecule has 0 bridgehead atoms. The van der Waals surface area contributed by atoms with Gasteiger partial charge in [-0.15, -0.1) is 0 Å². The molecule has 0 aliphatic heterocycles. The SMILES string of the molecule is CCCCCCCCCCCCCCCCCCCCCCCCCCCC(O)C(CO)NC(=O)CCCCCCCCCCCCCCCCCC/C=C\CCCCCCCCCCCCCCOC(=O)CCCCCCCCCCCCCCCCCCCC. The number of carbonyl (C=O) groups excluding carboxylic acids is 2. The average molecular weight is 1300 g/mol. The molecule has 1 amide bonds. The molecular formula is C86H169NO5. The third-order valence-electron chi connectivity index (χ3n) is 20.6. The van der Waals surface area contributed by atoms with Gasteiger partial charge in [-0.1, -0.05) is 450 Å². The van der Waals surface area contributed by atoms with Crippen LogP contribution in [0.3, 0.4) is 0 Å². The van der Waals surface area contributed by atoms with E-state index in [1.54, 1.807) is 0 Å². The lowest BCUT2D eigenvalue weighted by Crippen LogP contribution is -2.45. The molecule has 0 spiro atoms. The van der Waals surface area contributed by atoms with E-state index in [2.05, 4.69) is 31.3 Å². The van der Waals surface area contributed by atoms with E-state index in [1.165, 1.54) is 430 Å². The van der Waals surface area contributed by atoms with Crippen LogP contribution in [0.1, 0.15) is 502 Å². The van der Waals surface area contributed by atoms with Gasteiger partial charge in [0.25, 0.3) is 0 Å². The molecule has 0 aliphatic rings. The van der Waals surface area contributed by atoms with Crippen LogP contribution in [0.4, 0.5) is 0 Å². The van der Waals surface area contributed by atoms with Crippen LogP contribution in [0.2, 0.25) is 0 Å². The average Bonchev–Trinajstić information content (AvgIpc) is 3.77. The Morgan fingerprint density at radius 1 is 0.293 bits per heavy atom. The van der Waals surface area contributed by atoms with Crippen molar-refractivity contribution < 1.29 is 24.5 Å². The number of allylic oxidation sites excluding steroid dienone is 2. The van der Waals surface area contributed by atoms with Gasteiger partial charge in [0.15, 0.2) is 0 Å². The van der Waals surface area contributed by atoms with Crippen LogP contribution < -0.4 is 5.32 Å². The van der Waals surface area contributed by atoms with E-state index < -0.39 is 12.1 Å². The second-order valence-electron chi connectivity index (χ2n) is 29.9. The molecule has 0 fully saturated rings. The predicted octanol–water partition coefficient (Wildman–Crippen LogP) is 28.6. The maximum absolute atomic E-state index is 12.6. The molecule has 0 aromatic rings. The van der Waals surface area contributed by atoms with Crippen molar-refractivity contribution in [2.75, 3.05) is 13.2 Å². The first-order chi connectivity index (χ1) is 45.5. The van der Waals surface area contributed by atoms with Crippen LogP contribution in [0.5, 0.6) is 0 Å². The molecule has 0 aliphatic carbocycles. The zero-order valence-electron chi connectivity index (χ0n) is 63.1. The number of unbranched alkanes of at least 4 members (excludes halogenated alkanes) is 69. The molecule has 0 heterocycles. The first-order valence-electron chi connectivity index (χ1n) is 42.9. The van der Waals surface area contributed by atoms with Crippen LogP contribution >= 0.6 is 0 Å². The lowest BCUT2D eigenvalue weighted by molar-refractivity contribution is -0.143. The van der Waals surface area contributed by atoms with E-state index in [1.807, 2.05) is 0 Å². The molecular weight excluding hydrogens is 1130 g/mol. The number of aliphatic hydroxyl groups excluding tert-OH is 2. The van der Waals surface area contributed by atoms with E-state index in [4.69, 9.17) is 4.74 Å². The number of carbonyl (C=O) groups is 2. The van der Waals surface area contributed by atoms with Gasteiger partial charge >= 0.3 is 5.97 Å². The number of amides is 1. The topological polar surface area (TPSA) is 95.9 Å². The lowest BCUT2D eigenvalue weighted by Gasteiger charge is -2.22. The monoisotopic (exact) mass is 1300 g/mol. The minimum atomic E-state index is -0.664. The van der Waals surface area contributed by atoms with Crippen molar-refractivity contribution >= 4 is 11.9 Å². The number of hydrogen-bond acceptors (Lipinski definition) is 5. The van der Waals surface area contributed by atoms with Gasteiger partial charge in [-0.3, -0.25) is 9.59 Å². The Labute approximate surface area is 578 Å². The quantitative estimate of drug-likeness (QED) is 0.0320. The molecule has 0 saturated carbocycles. The summed E-state index contributed by atoms with van der Waals surface area (Å²) in [6, 6.07) is -0.541. The molecule has 2 atom stereocenters. The summed E-state index contributed by atoms with van der Waals surface area (Å²) >= 11 is 0. The summed E-state index contributed by atoms with van der Waals surface area (Å²) in [5, 5.41) is 23.5. The molecule has 6 nitrogen and oxygen atoms in total. The predicted molar refractivity (Wildman–Crippen MR) is 407 cm³/mol. The van der Waals surface area contributed by atoms with Crippen molar-refractivity contribution in [1.82, 2.24) is 5.32 Å². The second kappa shape index (κ2) is 82.0. The normalized spacial score (nSPS) is 12.4. The number of rotatable bonds is 82. The van der Waals surface area contributed by atoms with Gasteiger partial charge in [-0.2, -0.15) is 0 Å². The zero-order chi connectivity index (χ0) is 66.3. The fraction of sp³-hybridized carbons (Fsp3) is 0.953. The van der Waals surface area contributed by atoms with E-state index in [-0.39, 0.29) is 18.5 Å². The summed E-state index contributed by atoms with van der Waals surface area (Å²) in [6.07, 6.45) is 105. The summed E-state index contributed by atoms with van der Waals surface area (Å²) in [5.41, 5.74) is 0. The molecule has 0 aromatic heterocycles. The van der Waals surface area contributed by atoms with Crippen LogP contribution in [0.15, 0.2) is 12.2 Å². The minimum Gasteiger partial charge on any atom is -0.466 e. The fourth-order valence-corrected chi connectivity index (χ4v) is 14.1. The minimum absolute atomic E-state index is 0.0242. The van der Waals surface area contributed by atoms with E-state index in [0.717, 1.165) is 38.5 Å². The highest BCUT2D eigenvalue weighted by Gasteiger charge is 2.20. The van der Waals surface area contributed by atoms with Gasteiger partial charge in [-0.05, 0) is 51.4 Å². The Hall–Kier alpha value is -1.40. The van der Waals surface area contributed by atoms with E-state index in [0.29, 0.717) is 25.9 Å². The molecule has 2 unspecified atom stereocenters. The summed E-state index contributed by atoms with van der Waals surface area (Å²) in [4.78, 5) is 24.7. The van der Waals surface area contributed by atoms with Crippen molar-refractivity contribution in [2.45, 2.75) is 514 Å². The standard InChI is InChI=1S/C86H169NO5/c1-3-5-7-9-11-13-15-17-19-21-23-24-25-34-37-40-43-46-50-54-58-62-66-70-74-78-84(89)83(82-88)87-85(90)79-75-71-67-63-59-55-51-47-44-41-38-35-32-30-28-26-27-29-31-33-36-39-42-45-49-53-57-61-65-69-73-77-81-92-86(91)80-76-72-68-64-60-56-52-48-22-20-18-16-14-12-10-8-6-4-2/h29,31,83-84,88-89H,3-28,30,32-82H2,1-2H3,(H,87,90)/b31-29-. The molecule has 0 saturated heterocycles. The highest BCUT2D eigenvalue weighted by Crippen LogP contribution is 2.21. The fourth-order valence-electron chi connectivity index (χ4n) is 14.1. The van der Waals surface area contributed by atoms with Crippen molar-refractivity contribution in [3.05, 3.63) is 12.2 Å². The Balaban J connectivity index is 3.34. The van der Waals surface area contributed by atoms with Gasteiger partial charge in [0.1, 0.15) is 0 Å². The first-order valence-corrected chi connectivity index (χ1v) is 42.9. The number of nitrogens with one attached hydrogen (secondary N) is 1. The van der Waals surface area contributed by atoms with E-state index >= 15 is 0 Å². The molecule has 0 aromatic carbocycles. The van der Waals surface area contributed by atoms with Gasteiger partial charge in [0.05, 0.1) is 25.4 Å². The van der Waals surface area contributed by atoms with Gasteiger partial charge < -0.3 is 20.3 Å². The highest BCUT2D eigenvalue weighted by molar-refractivity contribution is 5.76. The molecule has 92 heavy (non-hydrogen) atoms. The summed E-state index contributed by atoms with van der Waals surface area (Å²) in [6.45, 7) is 5.02. The smallest absolute Gasteiger partial charge is 0.305 e. The number of esters is 1. The molecule has 0 radical (unpaired) electrons. The van der Waals surface area contributed by atoms with Gasteiger partial charge in [0.2, 0.25) is 5.91 Å². The molecule has 0 rings (SSSR count). The number of aliphatic hydroxyl groups is 2. The largest absolute Gasteiger partial charge is 0.466 e. The van der Waals surface area contributed by atoms with Crippen LogP contribution in [-0.2, 0) is 14.3 Å². The summed E-state index contributed by atoms with van der Waals surface area (Å²) in [5.74, 6) is -0.00138. The van der Waals surface area contributed by atoms with Gasteiger partial charge in [-0.25, -0.2) is 0 Å². The van der Waals surface area contributed by atoms with Crippen molar-refractivity contribution in [3.63, 3.8) is 0 Å².